The molecular weight excluding hydrogens is 281 g/mol. The fourth-order valence-corrected chi connectivity index (χ4v) is 0. The number of hydrogen-bond acceptors (Lipinski definition) is 0. The molecule has 8 heteroatoms. The second-order valence-electron chi connectivity index (χ2n) is 0.996. The lowest BCUT2D eigenvalue weighted by Gasteiger charge is -2.12. The molecule has 0 amide bonds. The summed E-state index contributed by atoms with van der Waals surface area (Å²) in [5, 5.41) is 0. The van der Waals surface area contributed by atoms with Crippen LogP contribution in [0.3, 0.4) is 0 Å². The summed E-state index contributed by atoms with van der Waals surface area (Å²) in [6.45, 7) is 0. The summed E-state index contributed by atoms with van der Waals surface area (Å²) in [5.74, 6) is 0. The zero-order valence-corrected chi connectivity index (χ0v) is 9.80. The molecule has 0 nitrogen and oxygen atoms in total. The minimum absolute atomic E-state index is 0. The number of rotatable bonds is 1. The Morgan fingerprint density at radius 1 is 0.556 bits per heavy atom. The molecule has 0 spiro atoms. The molecule has 0 bridgehead atoms. The van der Waals surface area contributed by atoms with Gasteiger partial charge in [-0.15, -0.1) is 66.5 Å². The largest absolute Gasteiger partial charge is 0.376 e. The van der Waals surface area contributed by atoms with Gasteiger partial charge in [0.1, 0.15) is 0 Å². The van der Waals surface area contributed by atoms with Crippen molar-refractivity contribution in [3.05, 3.63) is 0 Å². The van der Waals surface area contributed by atoms with E-state index in [4.69, 9.17) is 66.5 Å². The Morgan fingerprint density at radius 3 is 0.667 bits per heavy atom. The van der Waals surface area contributed by atoms with Crippen molar-refractivity contribution in [1.29, 1.82) is 0 Å². The molecular formula is CH4Cl6Si2. The van der Waals surface area contributed by atoms with Gasteiger partial charge in [0.15, 0.2) is 0 Å². The van der Waals surface area contributed by atoms with Crippen LogP contribution < -0.4 is 0 Å². The lowest BCUT2D eigenvalue weighted by atomic mass is 12.0. The molecule has 0 rings (SSSR count). The molecule has 0 atom stereocenters. The summed E-state index contributed by atoms with van der Waals surface area (Å²) in [4.78, 5) is 0. The monoisotopic (exact) mass is 282 g/mol. The van der Waals surface area contributed by atoms with E-state index in [2.05, 4.69) is 0 Å². The third-order valence-corrected chi connectivity index (χ3v) is 26.0. The maximum atomic E-state index is 5.34. The van der Waals surface area contributed by atoms with Gasteiger partial charge in [-0.25, -0.2) is 0 Å². The van der Waals surface area contributed by atoms with Crippen molar-refractivity contribution in [2.45, 2.75) is 7.43 Å². The molecule has 0 aromatic heterocycles. The van der Waals surface area contributed by atoms with Gasteiger partial charge in [0.2, 0.25) is 0 Å². The first kappa shape index (κ1) is 13.7. The van der Waals surface area contributed by atoms with E-state index in [0.717, 1.165) is 0 Å². The minimum atomic E-state index is -3.01. The molecule has 0 saturated heterocycles. The standard InChI is InChI=1S/CH4.Cl6Si2/c;1-7(2,3)8(4,5)6/h1H4;. The third-order valence-electron chi connectivity index (χ3n) is 0.321. The van der Waals surface area contributed by atoms with E-state index in [1.807, 2.05) is 0 Å². The minimum Gasteiger partial charge on any atom is -0.125 e. The van der Waals surface area contributed by atoms with Gasteiger partial charge in [-0.1, -0.05) is 7.43 Å². The Kier molecular flexibility index (Phi) is 6.51. The van der Waals surface area contributed by atoms with Crippen LogP contribution in [0.15, 0.2) is 0 Å². The summed E-state index contributed by atoms with van der Waals surface area (Å²) < 4.78 is 0. The molecule has 0 aromatic rings. The van der Waals surface area contributed by atoms with E-state index in [0.29, 0.717) is 0 Å². The topological polar surface area (TPSA) is 0 Å². The molecule has 9 heavy (non-hydrogen) atoms. The van der Waals surface area contributed by atoms with Crippen LogP contribution in [0, 0.1) is 0 Å². The van der Waals surface area contributed by atoms with Crippen LogP contribution in [0.2, 0.25) is 0 Å². The third kappa shape index (κ3) is 5.44. The van der Waals surface area contributed by atoms with Crippen molar-refractivity contribution >= 4 is 77.5 Å². The Labute approximate surface area is 84.3 Å². The zero-order valence-electron chi connectivity index (χ0n) is 3.27. The second-order valence-corrected chi connectivity index (χ2v) is 26.9. The Bertz CT molecular complexity index is 66.0. The van der Waals surface area contributed by atoms with Crippen molar-refractivity contribution in [2.24, 2.45) is 0 Å². The summed E-state index contributed by atoms with van der Waals surface area (Å²) in [7, 11) is 0. The van der Waals surface area contributed by atoms with Crippen molar-refractivity contribution in [1.82, 2.24) is 0 Å². The van der Waals surface area contributed by atoms with E-state index in [-0.39, 0.29) is 7.43 Å². The molecule has 0 N–H and O–H groups in total. The van der Waals surface area contributed by atoms with E-state index < -0.39 is 11.0 Å². The maximum absolute atomic E-state index is 5.34. The van der Waals surface area contributed by atoms with Gasteiger partial charge in [-0.2, -0.15) is 0 Å². The van der Waals surface area contributed by atoms with Crippen molar-refractivity contribution in [2.75, 3.05) is 0 Å². The first-order chi connectivity index (χ1) is 3.25. The summed E-state index contributed by atoms with van der Waals surface area (Å²) in [5.41, 5.74) is -6.01. The Morgan fingerprint density at radius 2 is 0.667 bits per heavy atom. The van der Waals surface area contributed by atoms with Crippen LogP contribution in [0.1, 0.15) is 7.43 Å². The highest BCUT2D eigenvalue weighted by Gasteiger charge is 2.52. The first-order valence-corrected chi connectivity index (χ1v) is 12.5. The molecule has 0 heterocycles. The number of halogens is 6. The molecule has 0 radical (unpaired) electrons. The molecule has 58 valence electrons. The van der Waals surface area contributed by atoms with Gasteiger partial charge in [0, 0.05) is 0 Å². The van der Waals surface area contributed by atoms with Crippen LogP contribution in [0.25, 0.3) is 0 Å². The fraction of sp³-hybridized carbons (Fsp3) is 1.00. The predicted octanol–water partition coefficient (Wildman–Crippen LogP) is 4.01. The quantitative estimate of drug-likeness (QED) is 0.504. The van der Waals surface area contributed by atoms with Gasteiger partial charge in [0.05, 0.1) is 0 Å². The molecule has 0 saturated carbocycles. The average Bonchev–Trinajstić information content (AvgIpc) is 1.25. The van der Waals surface area contributed by atoms with Gasteiger partial charge in [-0.05, 0) is 0 Å². The molecule has 0 aliphatic rings. The SMILES string of the molecule is C.Cl[Si](Cl)(Cl)[Si](Cl)(Cl)Cl. The van der Waals surface area contributed by atoms with Crippen molar-refractivity contribution in [3.63, 3.8) is 0 Å². The molecule has 0 unspecified atom stereocenters. The summed E-state index contributed by atoms with van der Waals surface area (Å²) in [6, 6.07) is 0. The lowest BCUT2D eigenvalue weighted by Crippen LogP contribution is -2.36. The molecule has 0 aliphatic heterocycles. The van der Waals surface area contributed by atoms with Gasteiger partial charge >= 0.3 is 11.0 Å². The van der Waals surface area contributed by atoms with E-state index in [9.17, 15) is 0 Å². The van der Waals surface area contributed by atoms with E-state index in [1.165, 1.54) is 0 Å². The van der Waals surface area contributed by atoms with Gasteiger partial charge < -0.3 is 0 Å². The average molecular weight is 285 g/mol. The Balaban J connectivity index is 0. The lowest BCUT2D eigenvalue weighted by molar-refractivity contribution is 2.50. The van der Waals surface area contributed by atoms with E-state index in [1.54, 1.807) is 0 Å². The van der Waals surface area contributed by atoms with Crippen molar-refractivity contribution < 1.29 is 0 Å². The maximum Gasteiger partial charge on any atom is 0.376 e. The highest BCUT2D eigenvalue weighted by atomic mass is 35.9. The van der Waals surface area contributed by atoms with Crippen LogP contribution in [0.5, 0.6) is 0 Å². The van der Waals surface area contributed by atoms with Gasteiger partial charge in [0.25, 0.3) is 0 Å². The molecule has 0 aliphatic carbocycles. The Hall–Kier alpha value is 2.17. The zero-order chi connectivity index (χ0) is 7.00. The fourth-order valence-electron chi connectivity index (χ4n) is 0. The highest BCUT2D eigenvalue weighted by Crippen LogP contribution is 2.39. The first-order valence-electron chi connectivity index (χ1n) is 1.38. The van der Waals surface area contributed by atoms with E-state index >= 15 is 0 Å². The van der Waals surface area contributed by atoms with Crippen LogP contribution >= 0.6 is 66.5 Å². The molecule has 0 fully saturated rings. The van der Waals surface area contributed by atoms with Crippen LogP contribution in [0.4, 0.5) is 0 Å². The summed E-state index contributed by atoms with van der Waals surface area (Å²) in [6.07, 6.45) is 0. The molecule has 0 aromatic carbocycles. The normalized spacial score (nSPS) is 12.7. The predicted molar refractivity (Wildman–Crippen MR) is 53.4 cm³/mol. The van der Waals surface area contributed by atoms with Crippen molar-refractivity contribution in [3.8, 4) is 0 Å². The highest BCUT2D eigenvalue weighted by molar-refractivity contribution is 8.10. The number of hydrogen-bond donors (Lipinski definition) is 0. The van der Waals surface area contributed by atoms with Crippen LogP contribution in [-0.2, 0) is 0 Å². The second kappa shape index (κ2) is 4.26. The van der Waals surface area contributed by atoms with Gasteiger partial charge in [-0.3, -0.25) is 0 Å². The smallest absolute Gasteiger partial charge is 0.125 e. The summed E-state index contributed by atoms with van der Waals surface area (Å²) >= 11 is 32.1. The van der Waals surface area contributed by atoms with Crippen LogP contribution in [-0.4, -0.2) is 11.0 Å².